The summed E-state index contributed by atoms with van der Waals surface area (Å²) in [5.74, 6) is 0.858. The Morgan fingerprint density at radius 1 is 0.242 bits per heavy atom. The molecule has 292 valence electrons. The molecule has 62 heavy (non-hydrogen) atoms. The Labute approximate surface area is 362 Å². The first-order valence-electron chi connectivity index (χ1n) is 21.1. The fourth-order valence-electron chi connectivity index (χ4n) is 8.65. The van der Waals surface area contributed by atoms with Gasteiger partial charge in [0.25, 0.3) is 0 Å². The summed E-state index contributed by atoms with van der Waals surface area (Å²) >= 11 is 0. The first kappa shape index (κ1) is 36.8. The van der Waals surface area contributed by atoms with E-state index in [1.165, 1.54) is 44.2 Å². The predicted octanol–water partition coefficient (Wildman–Crippen LogP) is 17.1. The molecule has 0 fully saturated rings. The van der Waals surface area contributed by atoms with E-state index < -0.39 is 0 Å². The molecule has 2 heteroatoms. The average molecular weight is 792 g/mol. The normalized spacial score (nSPS) is 11.2. The quantitative estimate of drug-likeness (QED) is 0.145. The number of para-hydroxylation sites is 1. The minimum Gasteiger partial charge on any atom is -0.456 e. The van der Waals surface area contributed by atoms with Gasteiger partial charge in [0.05, 0.1) is 0 Å². The molecule has 0 amide bonds. The Bertz CT molecular complexity index is 3280. The number of hydrogen-bond donors (Lipinski definition) is 0. The Kier molecular flexibility index (Phi) is 9.57. The average Bonchev–Trinajstić information content (AvgIpc) is 3.80. The maximum absolute atomic E-state index is 6.47. The van der Waals surface area contributed by atoms with Gasteiger partial charge in [-0.2, -0.15) is 0 Å². The maximum atomic E-state index is 6.47. The van der Waals surface area contributed by atoms with Crippen LogP contribution in [0.3, 0.4) is 0 Å². The largest absolute Gasteiger partial charge is 0.456 e. The molecule has 0 atom stereocenters. The van der Waals surface area contributed by atoms with E-state index in [-0.39, 0.29) is 0 Å². The van der Waals surface area contributed by atoms with Gasteiger partial charge in [0, 0.05) is 28.0 Å². The van der Waals surface area contributed by atoms with Crippen molar-refractivity contribution in [3.8, 4) is 67.0 Å². The van der Waals surface area contributed by atoms with Gasteiger partial charge in [-0.1, -0.05) is 182 Å². The van der Waals surface area contributed by atoms with E-state index >= 15 is 0 Å². The number of anilines is 3. The van der Waals surface area contributed by atoms with Crippen LogP contribution >= 0.6 is 0 Å². The van der Waals surface area contributed by atoms with E-state index in [1.54, 1.807) is 0 Å². The molecule has 0 saturated heterocycles. The van der Waals surface area contributed by atoms with Crippen LogP contribution in [0, 0.1) is 0 Å². The third-order valence-corrected chi connectivity index (χ3v) is 11.9. The zero-order valence-corrected chi connectivity index (χ0v) is 34.0. The number of rotatable bonds is 9. The topological polar surface area (TPSA) is 16.4 Å². The summed E-state index contributed by atoms with van der Waals surface area (Å²) in [5.41, 5.74) is 16.9. The minimum absolute atomic E-state index is 0.858. The second-order valence-corrected chi connectivity index (χ2v) is 15.8. The molecule has 1 heterocycles. The molecule has 0 spiro atoms. The summed E-state index contributed by atoms with van der Waals surface area (Å²) in [6.45, 7) is 0. The number of fused-ring (bicyclic) bond motifs is 2. The molecule has 11 aromatic rings. The molecule has 0 bridgehead atoms. The van der Waals surface area contributed by atoms with Crippen molar-refractivity contribution in [1.82, 2.24) is 0 Å². The molecule has 0 N–H and O–H groups in total. The highest BCUT2D eigenvalue weighted by atomic mass is 16.3. The lowest BCUT2D eigenvalue weighted by Crippen LogP contribution is -2.09. The van der Waals surface area contributed by atoms with E-state index in [1.807, 2.05) is 12.1 Å². The first-order valence-corrected chi connectivity index (χ1v) is 21.1. The van der Waals surface area contributed by atoms with Crippen molar-refractivity contribution in [2.24, 2.45) is 0 Å². The summed E-state index contributed by atoms with van der Waals surface area (Å²) in [5, 5.41) is 3.58. The third-order valence-electron chi connectivity index (χ3n) is 11.9. The highest BCUT2D eigenvalue weighted by Crippen LogP contribution is 2.41. The van der Waals surface area contributed by atoms with Gasteiger partial charge >= 0.3 is 0 Å². The van der Waals surface area contributed by atoms with Gasteiger partial charge in [0.1, 0.15) is 11.3 Å². The van der Waals surface area contributed by atoms with Gasteiger partial charge in [0.15, 0.2) is 0 Å². The third kappa shape index (κ3) is 7.25. The van der Waals surface area contributed by atoms with E-state index in [4.69, 9.17) is 4.42 Å². The SMILES string of the molecule is c1ccc(-c2cccc(-c3ccc(N(c4ccc(-c5ccc(-c6ccccc6)c(-c6cc7ccccc7o6)c5)cc4)c4ccc(-c5ccc6ccccc6c5)cc4)cc3)c2)cc1. The summed E-state index contributed by atoms with van der Waals surface area (Å²) in [4.78, 5) is 2.34. The van der Waals surface area contributed by atoms with Crippen molar-refractivity contribution in [1.29, 1.82) is 0 Å². The fourth-order valence-corrected chi connectivity index (χ4v) is 8.65. The molecular weight excluding hydrogens is 751 g/mol. The van der Waals surface area contributed by atoms with Crippen LogP contribution in [0.4, 0.5) is 17.1 Å². The number of nitrogens with zero attached hydrogens (tertiary/aromatic N) is 1. The number of hydrogen-bond acceptors (Lipinski definition) is 2. The van der Waals surface area contributed by atoms with Crippen molar-refractivity contribution in [3.63, 3.8) is 0 Å². The van der Waals surface area contributed by atoms with Gasteiger partial charge in [-0.15, -0.1) is 0 Å². The van der Waals surface area contributed by atoms with Gasteiger partial charge in [0.2, 0.25) is 0 Å². The lowest BCUT2D eigenvalue weighted by molar-refractivity contribution is 0.632. The van der Waals surface area contributed by atoms with Crippen LogP contribution in [-0.2, 0) is 0 Å². The van der Waals surface area contributed by atoms with E-state index in [0.717, 1.165) is 61.6 Å². The van der Waals surface area contributed by atoms with Gasteiger partial charge in [-0.3, -0.25) is 0 Å². The van der Waals surface area contributed by atoms with Gasteiger partial charge < -0.3 is 9.32 Å². The second kappa shape index (κ2) is 16.1. The van der Waals surface area contributed by atoms with E-state index in [2.05, 4.69) is 241 Å². The lowest BCUT2D eigenvalue weighted by Gasteiger charge is -2.26. The highest BCUT2D eigenvalue weighted by molar-refractivity contribution is 5.91. The molecule has 0 saturated carbocycles. The molecule has 0 aliphatic carbocycles. The molecule has 0 radical (unpaired) electrons. The first-order chi connectivity index (χ1) is 30.7. The minimum atomic E-state index is 0.858. The fraction of sp³-hybridized carbons (Fsp3) is 0. The molecule has 11 rings (SSSR count). The molecule has 2 nitrogen and oxygen atoms in total. The predicted molar refractivity (Wildman–Crippen MR) is 261 cm³/mol. The second-order valence-electron chi connectivity index (χ2n) is 15.8. The molecule has 0 unspecified atom stereocenters. The van der Waals surface area contributed by atoms with Crippen LogP contribution in [-0.4, -0.2) is 0 Å². The standard InChI is InChI=1S/C60H41NO/c1-3-12-42(13-4-1)49-19-11-20-50(38-49)44-24-31-54(32-25-44)61(55-33-26-45(27-34-55)51-23-22-43-14-7-8-17-48(43)39-51)56-35-28-46(29-36-56)52-30-37-57(47-15-5-2-6-16-47)58(40-52)60-41-53-18-9-10-21-59(53)62-60/h1-41H. The Morgan fingerprint density at radius 2 is 0.677 bits per heavy atom. The number of benzene rings is 10. The highest BCUT2D eigenvalue weighted by Gasteiger charge is 2.17. The maximum Gasteiger partial charge on any atom is 0.136 e. The molecule has 0 aliphatic rings. The van der Waals surface area contributed by atoms with E-state index in [9.17, 15) is 0 Å². The summed E-state index contributed by atoms with van der Waals surface area (Å²) < 4.78 is 6.47. The molecule has 0 aliphatic heterocycles. The van der Waals surface area contributed by atoms with Gasteiger partial charge in [-0.05, 0) is 133 Å². The van der Waals surface area contributed by atoms with Crippen LogP contribution in [0.25, 0.3) is 88.7 Å². The zero-order valence-electron chi connectivity index (χ0n) is 34.0. The van der Waals surface area contributed by atoms with Crippen molar-refractivity contribution in [3.05, 3.63) is 249 Å². The molecule has 10 aromatic carbocycles. The Morgan fingerprint density at radius 3 is 1.27 bits per heavy atom. The smallest absolute Gasteiger partial charge is 0.136 e. The van der Waals surface area contributed by atoms with E-state index in [0.29, 0.717) is 0 Å². The van der Waals surface area contributed by atoms with Crippen LogP contribution in [0.5, 0.6) is 0 Å². The van der Waals surface area contributed by atoms with Crippen LogP contribution in [0.2, 0.25) is 0 Å². The van der Waals surface area contributed by atoms with Crippen molar-refractivity contribution >= 4 is 38.8 Å². The Hall–Kier alpha value is -8.20. The van der Waals surface area contributed by atoms with Crippen LogP contribution < -0.4 is 4.90 Å². The van der Waals surface area contributed by atoms with Gasteiger partial charge in [-0.25, -0.2) is 0 Å². The van der Waals surface area contributed by atoms with Crippen molar-refractivity contribution < 1.29 is 4.42 Å². The summed E-state index contributed by atoms with van der Waals surface area (Å²) in [6.07, 6.45) is 0. The Balaban J connectivity index is 0.963. The lowest BCUT2D eigenvalue weighted by atomic mass is 9.93. The van der Waals surface area contributed by atoms with Crippen molar-refractivity contribution in [2.75, 3.05) is 4.90 Å². The monoisotopic (exact) mass is 791 g/mol. The van der Waals surface area contributed by atoms with Crippen molar-refractivity contribution in [2.45, 2.75) is 0 Å². The zero-order chi connectivity index (χ0) is 41.2. The summed E-state index contributed by atoms with van der Waals surface area (Å²) in [7, 11) is 0. The molecular formula is C60H41NO. The summed E-state index contributed by atoms with van der Waals surface area (Å²) in [6, 6.07) is 89.0. The number of furan rings is 1. The molecule has 1 aromatic heterocycles. The van der Waals surface area contributed by atoms with Crippen LogP contribution in [0.15, 0.2) is 253 Å². The van der Waals surface area contributed by atoms with Crippen LogP contribution in [0.1, 0.15) is 0 Å².